The van der Waals surface area contributed by atoms with Crippen LogP contribution in [0.2, 0.25) is 0 Å². The maximum atomic E-state index is 10.1. The van der Waals surface area contributed by atoms with E-state index in [1.807, 2.05) is 0 Å². The molecule has 1 aliphatic carbocycles. The van der Waals surface area contributed by atoms with Gasteiger partial charge in [-0.3, -0.25) is 0 Å². The maximum absolute atomic E-state index is 10.1. The molecule has 80 valence electrons. The van der Waals surface area contributed by atoms with Gasteiger partial charge in [0, 0.05) is 0 Å². The summed E-state index contributed by atoms with van der Waals surface area (Å²) in [6, 6.07) is 2.37. The normalized spacial score (nSPS) is 23.1. The second kappa shape index (κ2) is 4.79. The van der Waals surface area contributed by atoms with Crippen molar-refractivity contribution in [2.75, 3.05) is 0 Å². The van der Waals surface area contributed by atoms with E-state index in [9.17, 15) is 10.4 Å². The molecule has 2 heteroatoms. The minimum absolute atomic E-state index is 0.423. The average Bonchev–Trinajstić information content (AvgIpc) is 2.18. The largest absolute Gasteiger partial charge is 0.391 e. The van der Waals surface area contributed by atoms with Crippen LogP contribution in [0, 0.1) is 22.7 Å². The van der Waals surface area contributed by atoms with Gasteiger partial charge in [-0.25, -0.2) is 0 Å². The van der Waals surface area contributed by atoms with E-state index in [0.29, 0.717) is 5.92 Å². The van der Waals surface area contributed by atoms with Crippen molar-refractivity contribution < 1.29 is 5.11 Å². The number of aliphatic hydroxyl groups excluding tert-OH is 1. The number of hydrogen-bond acceptors (Lipinski definition) is 2. The first-order valence-corrected chi connectivity index (χ1v) is 5.70. The van der Waals surface area contributed by atoms with Gasteiger partial charge in [0.2, 0.25) is 0 Å². The molecule has 0 amide bonds. The fraction of sp³-hybridized carbons (Fsp3) is 0.917. The second-order valence-corrected chi connectivity index (χ2v) is 4.97. The lowest BCUT2D eigenvalue weighted by molar-refractivity contribution is 0.0221. The van der Waals surface area contributed by atoms with Crippen LogP contribution < -0.4 is 0 Å². The van der Waals surface area contributed by atoms with Crippen LogP contribution in [-0.4, -0.2) is 11.2 Å². The van der Waals surface area contributed by atoms with Crippen molar-refractivity contribution in [2.45, 2.75) is 58.5 Å². The van der Waals surface area contributed by atoms with E-state index in [1.54, 1.807) is 0 Å². The summed E-state index contributed by atoms with van der Waals surface area (Å²) >= 11 is 0. The molecule has 0 aliphatic heterocycles. The van der Waals surface area contributed by atoms with Crippen molar-refractivity contribution in [3.63, 3.8) is 0 Å². The molecule has 0 aromatic rings. The van der Waals surface area contributed by atoms with Crippen molar-refractivity contribution in [1.82, 2.24) is 0 Å². The molecule has 1 rings (SSSR count). The molecule has 0 heterocycles. The van der Waals surface area contributed by atoms with Crippen molar-refractivity contribution in [2.24, 2.45) is 11.3 Å². The zero-order valence-electron chi connectivity index (χ0n) is 9.29. The molecule has 0 aromatic carbocycles. The Morgan fingerprint density at radius 2 is 1.86 bits per heavy atom. The Labute approximate surface area is 86.9 Å². The van der Waals surface area contributed by atoms with E-state index in [4.69, 9.17) is 0 Å². The zero-order chi connectivity index (χ0) is 10.6. The summed E-state index contributed by atoms with van der Waals surface area (Å²) in [5.74, 6) is 0.470. The van der Waals surface area contributed by atoms with E-state index in [0.717, 1.165) is 32.1 Å². The summed E-state index contributed by atoms with van der Waals surface area (Å²) in [6.07, 6.45) is 5.53. The minimum Gasteiger partial charge on any atom is -0.391 e. The Morgan fingerprint density at radius 3 is 2.29 bits per heavy atom. The highest BCUT2D eigenvalue weighted by atomic mass is 16.3. The Morgan fingerprint density at radius 1 is 1.29 bits per heavy atom. The highest BCUT2D eigenvalue weighted by molar-refractivity contribution is 5.05. The molecule has 0 aromatic heterocycles. The van der Waals surface area contributed by atoms with Crippen molar-refractivity contribution in [3.8, 4) is 6.07 Å². The van der Waals surface area contributed by atoms with Crippen LogP contribution in [-0.2, 0) is 0 Å². The van der Waals surface area contributed by atoms with Crippen LogP contribution in [0.1, 0.15) is 52.4 Å². The smallest absolute Gasteiger partial charge is 0.0832 e. The molecule has 1 unspecified atom stereocenters. The summed E-state index contributed by atoms with van der Waals surface area (Å²) < 4.78 is 0. The summed E-state index contributed by atoms with van der Waals surface area (Å²) in [5, 5.41) is 19.3. The molecule has 2 nitrogen and oxygen atoms in total. The predicted octanol–water partition coefficient (Wildman–Crippen LogP) is 2.87. The van der Waals surface area contributed by atoms with E-state index >= 15 is 0 Å². The van der Waals surface area contributed by atoms with Gasteiger partial charge >= 0.3 is 0 Å². The molecule has 1 aliphatic rings. The third-order valence-corrected chi connectivity index (χ3v) is 3.30. The quantitative estimate of drug-likeness (QED) is 0.752. The van der Waals surface area contributed by atoms with Crippen LogP contribution >= 0.6 is 0 Å². The van der Waals surface area contributed by atoms with Gasteiger partial charge in [0.25, 0.3) is 0 Å². The molecule has 0 bridgehead atoms. The zero-order valence-corrected chi connectivity index (χ0v) is 9.29. The first kappa shape index (κ1) is 11.5. The lowest BCUT2D eigenvalue weighted by atomic mass is 9.69. The lowest BCUT2D eigenvalue weighted by Gasteiger charge is -2.35. The second-order valence-electron chi connectivity index (χ2n) is 4.97. The fourth-order valence-corrected chi connectivity index (χ4v) is 2.37. The van der Waals surface area contributed by atoms with Crippen LogP contribution in [0.3, 0.4) is 0 Å². The van der Waals surface area contributed by atoms with Crippen molar-refractivity contribution in [3.05, 3.63) is 0 Å². The number of nitrogens with zero attached hydrogens (tertiary/aromatic N) is 1. The minimum atomic E-state index is -0.428. The first-order valence-electron chi connectivity index (χ1n) is 5.70. The van der Waals surface area contributed by atoms with Gasteiger partial charge in [0.15, 0.2) is 0 Å². The van der Waals surface area contributed by atoms with Gasteiger partial charge in [0.1, 0.15) is 0 Å². The van der Waals surface area contributed by atoms with Crippen LogP contribution in [0.5, 0.6) is 0 Å². The highest BCUT2D eigenvalue weighted by Crippen LogP contribution is 2.40. The highest BCUT2D eigenvalue weighted by Gasteiger charge is 2.39. The molecule has 1 fully saturated rings. The molecular weight excluding hydrogens is 174 g/mol. The van der Waals surface area contributed by atoms with Crippen LogP contribution in [0.15, 0.2) is 0 Å². The van der Waals surface area contributed by atoms with Gasteiger partial charge in [-0.05, 0) is 25.2 Å². The standard InChI is InChI=1S/C12H21NO/c1-10(2)8-11(14)12(9-13)6-4-3-5-7-12/h10-11,14H,3-8H2,1-2H3. The van der Waals surface area contributed by atoms with Crippen LogP contribution in [0.25, 0.3) is 0 Å². The molecule has 14 heavy (non-hydrogen) atoms. The topological polar surface area (TPSA) is 44.0 Å². The average molecular weight is 195 g/mol. The molecule has 1 N–H and O–H groups in total. The van der Waals surface area contributed by atoms with E-state index in [-0.39, 0.29) is 0 Å². The van der Waals surface area contributed by atoms with Gasteiger partial charge < -0.3 is 5.11 Å². The van der Waals surface area contributed by atoms with Gasteiger partial charge in [-0.15, -0.1) is 0 Å². The van der Waals surface area contributed by atoms with Crippen molar-refractivity contribution in [1.29, 1.82) is 5.26 Å². The van der Waals surface area contributed by atoms with Crippen LogP contribution in [0.4, 0.5) is 0 Å². The molecule has 0 radical (unpaired) electrons. The number of rotatable bonds is 3. The summed E-state index contributed by atoms with van der Waals surface area (Å²) in [6.45, 7) is 4.19. The Hall–Kier alpha value is -0.550. The molecule has 1 saturated carbocycles. The molecular formula is C12H21NO. The molecule has 0 spiro atoms. The van der Waals surface area contributed by atoms with Gasteiger partial charge in [-0.2, -0.15) is 5.26 Å². The van der Waals surface area contributed by atoms with E-state index in [2.05, 4.69) is 19.9 Å². The monoisotopic (exact) mass is 195 g/mol. The first-order chi connectivity index (χ1) is 6.60. The number of aliphatic hydroxyl groups is 1. The lowest BCUT2D eigenvalue weighted by Crippen LogP contribution is -2.36. The predicted molar refractivity (Wildman–Crippen MR) is 56.6 cm³/mol. The van der Waals surface area contributed by atoms with Gasteiger partial charge in [-0.1, -0.05) is 33.1 Å². The van der Waals surface area contributed by atoms with Gasteiger partial charge in [0.05, 0.1) is 17.6 Å². The van der Waals surface area contributed by atoms with Crippen molar-refractivity contribution >= 4 is 0 Å². The fourth-order valence-electron chi connectivity index (χ4n) is 2.37. The SMILES string of the molecule is CC(C)CC(O)C1(C#N)CCCCC1. The third kappa shape index (κ3) is 2.48. The summed E-state index contributed by atoms with van der Waals surface area (Å²) in [4.78, 5) is 0. The van der Waals surface area contributed by atoms with E-state index < -0.39 is 11.5 Å². The third-order valence-electron chi connectivity index (χ3n) is 3.30. The Kier molecular flexibility index (Phi) is 3.95. The Bertz CT molecular complexity index is 211. The molecule has 1 atom stereocenters. The molecule has 0 saturated heterocycles. The maximum Gasteiger partial charge on any atom is 0.0832 e. The number of hydrogen-bond donors (Lipinski definition) is 1. The number of nitriles is 1. The summed E-state index contributed by atoms with van der Waals surface area (Å²) in [7, 11) is 0. The summed E-state index contributed by atoms with van der Waals surface area (Å²) in [5.41, 5.74) is -0.428. The Balaban J connectivity index is 2.63. The van der Waals surface area contributed by atoms with E-state index in [1.165, 1.54) is 6.42 Å².